The second-order valence-corrected chi connectivity index (χ2v) is 9.59. The Hall–Kier alpha value is -1.56. The summed E-state index contributed by atoms with van der Waals surface area (Å²) in [5, 5.41) is 0. The van der Waals surface area contributed by atoms with Gasteiger partial charge in [-0.25, -0.2) is 0 Å². The summed E-state index contributed by atoms with van der Waals surface area (Å²) in [4.78, 5) is 0. The highest BCUT2D eigenvalue weighted by molar-refractivity contribution is 5.84. The number of allylic oxidation sites excluding steroid dienone is 6. The molecule has 0 aliphatic heterocycles. The molecule has 1 aromatic rings. The van der Waals surface area contributed by atoms with E-state index in [0.717, 1.165) is 5.92 Å². The largest absolute Gasteiger partial charge is 0.0842 e. The van der Waals surface area contributed by atoms with E-state index in [2.05, 4.69) is 78.0 Å². The molecule has 0 N–H and O–H groups in total. The van der Waals surface area contributed by atoms with Crippen LogP contribution in [0.3, 0.4) is 0 Å². The van der Waals surface area contributed by atoms with Crippen LogP contribution in [0.4, 0.5) is 0 Å². The lowest BCUT2D eigenvalue weighted by Gasteiger charge is -2.28. The molecule has 0 saturated heterocycles. The maximum atomic E-state index is 2.53. The van der Waals surface area contributed by atoms with Crippen molar-refractivity contribution in [2.45, 2.75) is 106 Å². The third kappa shape index (κ3) is 5.01. The molecule has 0 aromatic heterocycles. The molecule has 1 unspecified atom stereocenters. The zero-order valence-electron chi connectivity index (χ0n) is 21.1. The first kappa shape index (κ1) is 24.7. The highest BCUT2D eigenvalue weighted by Gasteiger charge is 2.37. The molecule has 0 heteroatoms. The average molecular weight is 407 g/mol. The van der Waals surface area contributed by atoms with E-state index in [1.165, 1.54) is 56.1 Å². The summed E-state index contributed by atoms with van der Waals surface area (Å²) in [7, 11) is 0. The van der Waals surface area contributed by atoms with Gasteiger partial charge in [0, 0.05) is 5.41 Å². The molecule has 0 nitrogen and oxygen atoms in total. The lowest BCUT2D eigenvalue weighted by molar-refractivity contribution is 0.414. The summed E-state index contributed by atoms with van der Waals surface area (Å²) in [6, 6.07) is 7.34. The molecule has 0 amide bonds. The van der Waals surface area contributed by atoms with Crippen LogP contribution in [0.2, 0.25) is 0 Å². The van der Waals surface area contributed by atoms with Crippen LogP contribution in [-0.4, -0.2) is 0 Å². The second kappa shape index (κ2) is 11.2. The van der Waals surface area contributed by atoms with Crippen LogP contribution in [-0.2, 0) is 5.41 Å². The maximum absolute atomic E-state index is 2.53. The van der Waals surface area contributed by atoms with E-state index in [0.29, 0.717) is 5.92 Å². The number of benzene rings is 1. The van der Waals surface area contributed by atoms with Crippen molar-refractivity contribution < 1.29 is 0 Å². The molecule has 0 fully saturated rings. The summed E-state index contributed by atoms with van der Waals surface area (Å²) < 4.78 is 0. The minimum atomic E-state index is 0.145. The Labute approximate surface area is 187 Å². The predicted octanol–water partition coefficient (Wildman–Crippen LogP) is 9.75. The fourth-order valence-electron chi connectivity index (χ4n) is 5.30. The SMILES string of the molecule is CC.CCC.CC[C@@H]1CC=C(c2ccc3c(c2)C(C)(C)C2=C3CCCC=C2)C(C)C1. The molecule has 0 bridgehead atoms. The van der Waals surface area contributed by atoms with Gasteiger partial charge < -0.3 is 0 Å². The number of fused-ring (bicyclic) bond motifs is 2. The van der Waals surface area contributed by atoms with Gasteiger partial charge in [0.1, 0.15) is 0 Å². The van der Waals surface area contributed by atoms with Gasteiger partial charge in [-0.3, -0.25) is 0 Å². The van der Waals surface area contributed by atoms with Crippen molar-refractivity contribution in [2.75, 3.05) is 0 Å². The summed E-state index contributed by atoms with van der Waals surface area (Å²) >= 11 is 0. The van der Waals surface area contributed by atoms with Gasteiger partial charge >= 0.3 is 0 Å². The van der Waals surface area contributed by atoms with Gasteiger partial charge in [0.2, 0.25) is 0 Å². The first-order valence-corrected chi connectivity index (χ1v) is 12.7. The van der Waals surface area contributed by atoms with Crippen molar-refractivity contribution in [1.29, 1.82) is 0 Å². The zero-order chi connectivity index (χ0) is 22.3. The predicted molar refractivity (Wildman–Crippen MR) is 137 cm³/mol. The quantitative estimate of drug-likeness (QED) is 0.458. The summed E-state index contributed by atoms with van der Waals surface area (Å²) in [6.45, 7) is 17.8. The Bertz CT molecular complexity index is 784. The fourth-order valence-corrected chi connectivity index (χ4v) is 5.30. The van der Waals surface area contributed by atoms with Crippen LogP contribution in [0.5, 0.6) is 0 Å². The summed E-state index contributed by atoms with van der Waals surface area (Å²) in [6.07, 6.45) is 16.2. The Morgan fingerprint density at radius 1 is 1.07 bits per heavy atom. The molecular weight excluding hydrogens is 360 g/mol. The topological polar surface area (TPSA) is 0 Å². The van der Waals surface area contributed by atoms with Crippen molar-refractivity contribution >= 4 is 11.1 Å². The Kier molecular flexibility index (Phi) is 9.20. The first-order valence-electron chi connectivity index (χ1n) is 12.7. The van der Waals surface area contributed by atoms with Gasteiger partial charge in [0.15, 0.2) is 0 Å². The van der Waals surface area contributed by atoms with Crippen LogP contribution in [0, 0.1) is 11.8 Å². The summed E-state index contributed by atoms with van der Waals surface area (Å²) in [5.74, 6) is 1.57. The van der Waals surface area contributed by atoms with Gasteiger partial charge in [-0.15, -0.1) is 0 Å². The standard InChI is InChI=1S/C25H32.C3H8.C2H6/c1-5-18-11-13-20(17(2)15-18)19-12-14-22-21-9-7-6-8-10-23(21)25(3,4)24(22)16-19;1-3-2;1-2/h8,10,12-14,16-18H,5-7,9,11,15H2,1-4H3;3H2,1-2H3;1-2H3/t17?,18-;;/m1../s1. The molecule has 3 aliphatic carbocycles. The Morgan fingerprint density at radius 3 is 2.40 bits per heavy atom. The lowest BCUT2D eigenvalue weighted by Crippen LogP contribution is -2.17. The van der Waals surface area contributed by atoms with E-state index >= 15 is 0 Å². The third-order valence-corrected chi connectivity index (χ3v) is 6.90. The monoisotopic (exact) mass is 406 g/mol. The van der Waals surface area contributed by atoms with E-state index in [1.54, 1.807) is 22.3 Å². The van der Waals surface area contributed by atoms with E-state index in [-0.39, 0.29) is 5.41 Å². The number of hydrogen-bond acceptors (Lipinski definition) is 0. The molecule has 30 heavy (non-hydrogen) atoms. The van der Waals surface area contributed by atoms with Crippen LogP contribution in [0.25, 0.3) is 11.1 Å². The zero-order valence-corrected chi connectivity index (χ0v) is 21.1. The van der Waals surface area contributed by atoms with Crippen molar-refractivity contribution in [1.82, 2.24) is 0 Å². The van der Waals surface area contributed by atoms with Crippen molar-refractivity contribution in [3.05, 3.63) is 58.7 Å². The van der Waals surface area contributed by atoms with Crippen LogP contribution in [0.1, 0.15) is 117 Å². The van der Waals surface area contributed by atoms with Gasteiger partial charge in [0.25, 0.3) is 0 Å². The van der Waals surface area contributed by atoms with Crippen LogP contribution < -0.4 is 0 Å². The molecule has 0 heterocycles. The Morgan fingerprint density at radius 2 is 1.77 bits per heavy atom. The molecular formula is C30H46. The molecule has 0 spiro atoms. The minimum absolute atomic E-state index is 0.145. The van der Waals surface area contributed by atoms with Crippen molar-refractivity contribution in [2.24, 2.45) is 11.8 Å². The maximum Gasteiger partial charge on any atom is 0.0155 e. The van der Waals surface area contributed by atoms with Gasteiger partial charge in [-0.2, -0.15) is 0 Å². The highest BCUT2D eigenvalue weighted by Crippen LogP contribution is 2.50. The van der Waals surface area contributed by atoms with E-state index < -0.39 is 0 Å². The normalized spacial score (nSPS) is 23.8. The smallest absolute Gasteiger partial charge is 0.0155 e. The molecule has 166 valence electrons. The van der Waals surface area contributed by atoms with Gasteiger partial charge in [0.05, 0.1) is 0 Å². The lowest BCUT2D eigenvalue weighted by atomic mass is 9.76. The third-order valence-electron chi connectivity index (χ3n) is 6.90. The van der Waals surface area contributed by atoms with E-state index in [9.17, 15) is 0 Å². The molecule has 0 radical (unpaired) electrons. The number of rotatable bonds is 2. The van der Waals surface area contributed by atoms with Gasteiger partial charge in [-0.1, -0.05) is 98.6 Å². The fraction of sp³-hybridized carbons (Fsp3) is 0.600. The molecule has 1 aromatic carbocycles. The van der Waals surface area contributed by atoms with Crippen molar-refractivity contribution in [3.8, 4) is 0 Å². The van der Waals surface area contributed by atoms with Crippen molar-refractivity contribution in [3.63, 3.8) is 0 Å². The molecule has 4 rings (SSSR count). The van der Waals surface area contributed by atoms with Crippen LogP contribution in [0.15, 0.2) is 42.0 Å². The van der Waals surface area contributed by atoms with E-state index in [1.807, 2.05) is 13.8 Å². The molecule has 2 atom stereocenters. The average Bonchev–Trinajstić information content (AvgIpc) is 2.92. The Balaban J connectivity index is 0.000000590. The molecule has 3 aliphatic rings. The molecule has 0 saturated carbocycles. The first-order chi connectivity index (χ1) is 14.4. The van der Waals surface area contributed by atoms with Crippen LogP contribution >= 0.6 is 0 Å². The van der Waals surface area contributed by atoms with Gasteiger partial charge in [-0.05, 0) is 83.4 Å². The van der Waals surface area contributed by atoms with E-state index in [4.69, 9.17) is 0 Å². The highest BCUT2D eigenvalue weighted by atomic mass is 14.4. The second-order valence-electron chi connectivity index (χ2n) is 9.59. The summed E-state index contributed by atoms with van der Waals surface area (Å²) in [5.41, 5.74) is 9.44. The number of hydrogen-bond donors (Lipinski definition) is 0. The minimum Gasteiger partial charge on any atom is -0.0842 e.